The van der Waals surface area contributed by atoms with Gasteiger partial charge in [0.15, 0.2) is 0 Å². The molecule has 0 aromatic rings. The molecule has 0 bridgehead atoms. The molecular formula is C11H20O4. The van der Waals surface area contributed by atoms with Gasteiger partial charge >= 0.3 is 0 Å². The molecule has 15 heavy (non-hydrogen) atoms. The van der Waals surface area contributed by atoms with Crippen LogP contribution in [0.25, 0.3) is 0 Å². The van der Waals surface area contributed by atoms with Crippen LogP contribution in [0.1, 0.15) is 19.8 Å². The molecule has 2 aliphatic rings. The van der Waals surface area contributed by atoms with Crippen LogP contribution in [0.4, 0.5) is 0 Å². The van der Waals surface area contributed by atoms with E-state index in [1.54, 1.807) is 0 Å². The first-order valence-electron chi connectivity index (χ1n) is 5.70. The van der Waals surface area contributed by atoms with Crippen LogP contribution in [0, 0.1) is 0 Å². The Kier molecular flexibility index (Phi) is 3.97. The van der Waals surface area contributed by atoms with E-state index in [2.05, 4.69) is 6.92 Å². The SMILES string of the molecule is CC1(CCCOCC2CO2)COCCO1. The molecule has 2 heterocycles. The van der Waals surface area contributed by atoms with Crippen molar-refractivity contribution in [3.63, 3.8) is 0 Å². The number of epoxide rings is 1. The number of hydrogen-bond donors (Lipinski definition) is 0. The molecule has 0 saturated carbocycles. The van der Waals surface area contributed by atoms with Crippen LogP contribution in [0.5, 0.6) is 0 Å². The first kappa shape index (κ1) is 11.3. The van der Waals surface area contributed by atoms with Crippen molar-refractivity contribution in [3.8, 4) is 0 Å². The average molecular weight is 216 g/mol. The lowest BCUT2D eigenvalue weighted by molar-refractivity contribution is -0.152. The maximum atomic E-state index is 5.70. The van der Waals surface area contributed by atoms with Crippen LogP contribution in [-0.2, 0) is 18.9 Å². The lowest BCUT2D eigenvalue weighted by Gasteiger charge is -2.33. The van der Waals surface area contributed by atoms with E-state index in [0.29, 0.717) is 19.3 Å². The van der Waals surface area contributed by atoms with Crippen molar-refractivity contribution in [1.82, 2.24) is 0 Å². The molecule has 0 N–H and O–H groups in total. The van der Waals surface area contributed by atoms with E-state index in [1.165, 1.54) is 0 Å². The van der Waals surface area contributed by atoms with Gasteiger partial charge in [0.2, 0.25) is 0 Å². The molecule has 2 atom stereocenters. The largest absolute Gasteiger partial charge is 0.379 e. The van der Waals surface area contributed by atoms with Crippen molar-refractivity contribution in [2.75, 3.05) is 39.6 Å². The molecule has 2 unspecified atom stereocenters. The summed E-state index contributed by atoms with van der Waals surface area (Å²) in [7, 11) is 0. The van der Waals surface area contributed by atoms with Crippen LogP contribution in [0.15, 0.2) is 0 Å². The maximum Gasteiger partial charge on any atom is 0.104 e. The van der Waals surface area contributed by atoms with E-state index >= 15 is 0 Å². The Hall–Kier alpha value is -0.160. The van der Waals surface area contributed by atoms with Gasteiger partial charge in [-0.25, -0.2) is 0 Å². The fourth-order valence-electron chi connectivity index (χ4n) is 1.75. The van der Waals surface area contributed by atoms with Gasteiger partial charge in [0.1, 0.15) is 6.10 Å². The summed E-state index contributed by atoms with van der Waals surface area (Å²) in [5.41, 5.74) is -0.0995. The monoisotopic (exact) mass is 216 g/mol. The van der Waals surface area contributed by atoms with Gasteiger partial charge in [-0.2, -0.15) is 0 Å². The van der Waals surface area contributed by atoms with Gasteiger partial charge in [-0.15, -0.1) is 0 Å². The molecule has 4 heteroatoms. The van der Waals surface area contributed by atoms with Gasteiger partial charge in [0.25, 0.3) is 0 Å². The summed E-state index contributed by atoms with van der Waals surface area (Å²) in [5, 5.41) is 0. The molecule has 0 aromatic heterocycles. The fraction of sp³-hybridized carbons (Fsp3) is 1.00. The predicted molar refractivity (Wildman–Crippen MR) is 55.0 cm³/mol. The maximum absolute atomic E-state index is 5.70. The second-order valence-corrected chi connectivity index (χ2v) is 4.48. The van der Waals surface area contributed by atoms with Gasteiger partial charge in [-0.05, 0) is 19.8 Å². The van der Waals surface area contributed by atoms with Crippen molar-refractivity contribution in [3.05, 3.63) is 0 Å². The highest BCUT2D eigenvalue weighted by Gasteiger charge is 2.28. The van der Waals surface area contributed by atoms with Gasteiger partial charge in [0, 0.05) is 6.61 Å². The Morgan fingerprint density at radius 2 is 2.27 bits per heavy atom. The molecule has 2 saturated heterocycles. The molecular weight excluding hydrogens is 196 g/mol. The zero-order chi connectivity index (χ0) is 10.6. The van der Waals surface area contributed by atoms with Crippen molar-refractivity contribution in [2.24, 2.45) is 0 Å². The standard InChI is InChI=1S/C11H20O4/c1-11(9-13-5-6-15-11)3-2-4-12-7-10-8-14-10/h10H,2-9H2,1H3. The minimum Gasteiger partial charge on any atom is -0.379 e. The fourth-order valence-corrected chi connectivity index (χ4v) is 1.75. The van der Waals surface area contributed by atoms with E-state index in [0.717, 1.165) is 39.3 Å². The topological polar surface area (TPSA) is 40.2 Å². The predicted octanol–water partition coefficient (Wildman–Crippen LogP) is 0.988. The number of ether oxygens (including phenoxy) is 4. The van der Waals surface area contributed by atoms with Crippen molar-refractivity contribution in [2.45, 2.75) is 31.5 Å². The zero-order valence-corrected chi connectivity index (χ0v) is 9.37. The third kappa shape index (κ3) is 4.07. The minimum absolute atomic E-state index is 0.0995. The first-order chi connectivity index (χ1) is 7.29. The highest BCUT2D eigenvalue weighted by Crippen LogP contribution is 2.21. The van der Waals surface area contributed by atoms with Crippen molar-refractivity contribution < 1.29 is 18.9 Å². The third-order valence-electron chi connectivity index (χ3n) is 2.79. The van der Waals surface area contributed by atoms with E-state index in [9.17, 15) is 0 Å². The molecule has 0 aliphatic carbocycles. The molecule has 2 aliphatic heterocycles. The molecule has 4 nitrogen and oxygen atoms in total. The Balaban J connectivity index is 1.51. The summed E-state index contributed by atoms with van der Waals surface area (Å²) in [6, 6.07) is 0. The minimum atomic E-state index is -0.0995. The summed E-state index contributed by atoms with van der Waals surface area (Å²) >= 11 is 0. The smallest absolute Gasteiger partial charge is 0.104 e. The molecule has 0 amide bonds. The number of rotatable bonds is 6. The van der Waals surface area contributed by atoms with Crippen molar-refractivity contribution in [1.29, 1.82) is 0 Å². The van der Waals surface area contributed by atoms with Gasteiger partial charge in [-0.1, -0.05) is 0 Å². The Morgan fingerprint density at radius 3 is 2.93 bits per heavy atom. The Bertz CT molecular complexity index is 185. The van der Waals surface area contributed by atoms with Gasteiger partial charge in [-0.3, -0.25) is 0 Å². The van der Waals surface area contributed by atoms with Crippen LogP contribution < -0.4 is 0 Å². The third-order valence-corrected chi connectivity index (χ3v) is 2.79. The summed E-state index contributed by atoms with van der Waals surface area (Å²) in [5.74, 6) is 0. The summed E-state index contributed by atoms with van der Waals surface area (Å²) in [4.78, 5) is 0. The second-order valence-electron chi connectivity index (χ2n) is 4.48. The van der Waals surface area contributed by atoms with Gasteiger partial charge < -0.3 is 18.9 Å². The quantitative estimate of drug-likeness (QED) is 0.490. The highest BCUT2D eigenvalue weighted by molar-refractivity contribution is 4.77. The zero-order valence-electron chi connectivity index (χ0n) is 9.37. The van der Waals surface area contributed by atoms with Crippen LogP contribution in [0.2, 0.25) is 0 Å². The lowest BCUT2D eigenvalue weighted by atomic mass is 10.0. The average Bonchev–Trinajstić information content (AvgIpc) is 3.02. The Labute approximate surface area is 90.8 Å². The van der Waals surface area contributed by atoms with E-state index in [-0.39, 0.29) is 5.60 Å². The molecule has 0 radical (unpaired) electrons. The summed E-state index contributed by atoms with van der Waals surface area (Å²) < 4.78 is 21.6. The van der Waals surface area contributed by atoms with Crippen molar-refractivity contribution >= 4 is 0 Å². The van der Waals surface area contributed by atoms with E-state index in [1.807, 2.05) is 0 Å². The number of hydrogen-bond acceptors (Lipinski definition) is 4. The molecule has 2 rings (SSSR count). The second kappa shape index (κ2) is 5.25. The normalized spacial score (nSPS) is 35.4. The van der Waals surface area contributed by atoms with Crippen LogP contribution >= 0.6 is 0 Å². The molecule has 0 aromatic carbocycles. The Morgan fingerprint density at radius 1 is 1.40 bits per heavy atom. The molecule has 0 spiro atoms. The summed E-state index contributed by atoms with van der Waals surface area (Å²) in [6.07, 6.45) is 2.39. The first-order valence-corrected chi connectivity index (χ1v) is 5.70. The van der Waals surface area contributed by atoms with E-state index in [4.69, 9.17) is 18.9 Å². The van der Waals surface area contributed by atoms with E-state index < -0.39 is 0 Å². The summed E-state index contributed by atoms with van der Waals surface area (Å²) in [6.45, 7) is 6.66. The van der Waals surface area contributed by atoms with Crippen LogP contribution in [0.3, 0.4) is 0 Å². The molecule has 88 valence electrons. The van der Waals surface area contributed by atoms with Gasteiger partial charge in [0.05, 0.1) is 38.6 Å². The lowest BCUT2D eigenvalue weighted by Crippen LogP contribution is -2.40. The van der Waals surface area contributed by atoms with Crippen LogP contribution in [-0.4, -0.2) is 51.3 Å². The molecule has 2 fully saturated rings. The highest BCUT2D eigenvalue weighted by atomic mass is 16.6.